The van der Waals surface area contributed by atoms with Crippen LogP contribution in [0.3, 0.4) is 0 Å². The highest BCUT2D eigenvalue weighted by Crippen LogP contribution is 2.62. The second-order valence-corrected chi connectivity index (χ2v) is 30.8. The largest absolute Gasteiger partial charge is 0.343 e. The molecule has 0 amide bonds. The molecule has 8 unspecified atom stereocenters. The van der Waals surface area contributed by atoms with E-state index in [9.17, 15) is 0 Å². The molecule has 8 fully saturated rings. The van der Waals surface area contributed by atoms with Gasteiger partial charge in [-0.1, -0.05) is 102 Å². The van der Waals surface area contributed by atoms with Crippen LogP contribution < -0.4 is 0 Å². The minimum Gasteiger partial charge on any atom is -0.343 e. The minimum absolute atomic E-state index is 0.293. The molecule has 0 spiro atoms. The molecule has 0 aromatic heterocycles. The summed E-state index contributed by atoms with van der Waals surface area (Å²) in [4.78, 5) is 0. The second kappa shape index (κ2) is 19.0. The van der Waals surface area contributed by atoms with Crippen molar-refractivity contribution in [2.75, 3.05) is 52.6 Å². The van der Waals surface area contributed by atoms with E-state index in [4.69, 9.17) is 18.1 Å². The van der Waals surface area contributed by atoms with Crippen LogP contribution in [-0.4, -0.2) is 116 Å². The SMILES string of the molecule is CC(C)(C)P1OCC2CCCCN21.CC(C)(C)P1OCC2CCCCN21.CC(C)(C)P1OCC2CCCN21.CC(C)(C)P1OCCC2CCCCN21. The third kappa shape index (κ3) is 11.8. The summed E-state index contributed by atoms with van der Waals surface area (Å²) in [6.45, 7) is 36.7. The van der Waals surface area contributed by atoms with Crippen LogP contribution in [0.25, 0.3) is 0 Å². The highest BCUT2D eigenvalue weighted by atomic mass is 31.2. The molecule has 8 nitrogen and oxygen atoms in total. The van der Waals surface area contributed by atoms with E-state index in [0.717, 1.165) is 50.6 Å². The Labute approximate surface area is 326 Å². The molecule has 0 radical (unpaired) electrons. The van der Waals surface area contributed by atoms with Gasteiger partial charge in [0.15, 0.2) is 0 Å². The molecular weight excluding hydrogens is 724 g/mol. The van der Waals surface area contributed by atoms with Crippen LogP contribution in [-0.2, 0) is 18.1 Å². The first kappa shape index (κ1) is 44.5. The van der Waals surface area contributed by atoms with Crippen LogP contribution >= 0.6 is 33.2 Å². The van der Waals surface area contributed by atoms with Crippen molar-refractivity contribution in [1.29, 1.82) is 0 Å². The van der Waals surface area contributed by atoms with Crippen molar-refractivity contribution in [1.82, 2.24) is 18.7 Å². The second-order valence-electron chi connectivity index (χ2n) is 20.2. The Kier molecular flexibility index (Phi) is 16.2. The molecule has 8 saturated heterocycles. The lowest BCUT2D eigenvalue weighted by Gasteiger charge is -2.48. The summed E-state index contributed by atoms with van der Waals surface area (Å²) >= 11 is 0. The summed E-state index contributed by atoms with van der Waals surface area (Å²) in [5, 5.41) is 1.34. The maximum absolute atomic E-state index is 6.00. The van der Waals surface area contributed by atoms with Gasteiger partial charge in [0.05, 0.1) is 26.4 Å². The quantitative estimate of drug-likeness (QED) is 0.224. The summed E-state index contributed by atoms with van der Waals surface area (Å²) < 4.78 is 34.3. The molecule has 8 heterocycles. The van der Waals surface area contributed by atoms with E-state index < -0.39 is 0 Å². The highest BCUT2D eigenvalue weighted by Gasteiger charge is 2.45. The Balaban J connectivity index is 0.000000134. The molecule has 8 aliphatic rings. The standard InChI is InChI=1S/C11H22NOP.2C10H20NOP.C9H18NOP/c1-11(2,3)14-12-8-5-4-6-10(12)7-9-13-14;2*1-10(2,3)13-11-7-5-4-6-9(11)8-12-13;1-9(2,3)12-10-6-4-5-8(10)7-11-12/h10H,4-9H2,1-3H3;2*9H,4-8H2,1-3H3;8H,4-7H2,1-3H3. The Morgan fingerprint density at radius 2 is 0.635 bits per heavy atom. The normalized spacial score (nSPS) is 36.2. The van der Waals surface area contributed by atoms with Gasteiger partial charge >= 0.3 is 0 Å². The van der Waals surface area contributed by atoms with Crippen molar-refractivity contribution in [3.8, 4) is 0 Å². The Morgan fingerprint density at radius 1 is 0.346 bits per heavy atom. The van der Waals surface area contributed by atoms with Crippen LogP contribution in [0, 0.1) is 0 Å². The van der Waals surface area contributed by atoms with Gasteiger partial charge in [0.2, 0.25) is 0 Å². The Bertz CT molecular complexity index is 1050. The van der Waals surface area contributed by atoms with Gasteiger partial charge < -0.3 is 18.1 Å². The van der Waals surface area contributed by atoms with Gasteiger partial charge in [-0.15, -0.1) is 0 Å². The summed E-state index contributed by atoms with van der Waals surface area (Å²) in [6.07, 6.45) is 16.4. The third-order valence-corrected chi connectivity index (χ3v) is 21.4. The molecule has 0 aliphatic carbocycles. The van der Waals surface area contributed by atoms with Gasteiger partial charge in [-0.05, 0) is 57.8 Å². The third-order valence-electron chi connectivity index (χ3n) is 11.2. The van der Waals surface area contributed by atoms with Crippen LogP contribution in [0.2, 0.25) is 0 Å². The number of rotatable bonds is 0. The van der Waals surface area contributed by atoms with E-state index in [-0.39, 0.29) is 33.2 Å². The highest BCUT2D eigenvalue weighted by molar-refractivity contribution is 7.52. The molecule has 52 heavy (non-hydrogen) atoms. The van der Waals surface area contributed by atoms with Crippen molar-refractivity contribution in [2.24, 2.45) is 0 Å². The fourth-order valence-electron chi connectivity index (χ4n) is 8.89. The van der Waals surface area contributed by atoms with E-state index in [1.165, 1.54) is 103 Å². The number of fused-ring (bicyclic) bond motifs is 4. The van der Waals surface area contributed by atoms with E-state index in [0.29, 0.717) is 20.6 Å². The van der Waals surface area contributed by atoms with E-state index in [1.54, 1.807) is 0 Å². The predicted octanol–water partition coefficient (Wildman–Crippen LogP) is 11.9. The minimum atomic E-state index is -0.337. The summed E-state index contributed by atoms with van der Waals surface area (Å²) in [7, 11) is -1.25. The molecule has 8 atom stereocenters. The first-order chi connectivity index (χ1) is 24.4. The van der Waals surface area contributed by atoms with Crippen LogP contribution in [0.5, 0.6) is 0 Å². The van der Waals surface area contributed by atoms with E-state index in [1.807, 2.05) is 0 Å². The van der Waals surface area contributed by atoms with E-state index in [2.05, 4.69) is 102 Å². The number of hydrogen-bond donors (Lipinski definition) is 0. The molecule has 8 rings (SSSR count). The fourth-order valence-corrected chi connectivity index (χ4v) is 18.6. The topological polar surface area (TPSA) is 49.9 Å². The molecular formula is C40H80N4O4P4. The van der Waals surface area contributed by atoms with Gasteiger partial charge in [0.1, 0.15) is 33.2 Å². The molecule has 0 aromatic carbocycles. The number of piperidine rings is 3. The average molecular weight is 805 g/mol. The first-order valence-electron chi connectivity index (χ1n) is 21.1. The fraction of sp³-hybridized carbons (Fsp3) is 1.00. The molecule has 0 saturated carbocycles. The van der Waals surface area contributed by atoms with Crippen LogP contribution in [0.4, 0.5) is 0 Å². The number of hydrogen-bond acceptors (Lipinski definition) is 8. The van der Waals surface area contributed by atoms with Crippen molar-refractivity contribution < 1.29 is 18.1 Å². The smallest absolute Gasteiger partial charge is 0.110 e. The molecule has 0 aromatic rings. The predicted molar refractivity (Wildman–Crippen MR) is 228 cm³/mol. The Hall–Kier alpha value is 1.40. The maximum Gasteiger partial charge on any atom is 0.110 e. The van der Waals surface area contributed by atoms with Gasteiger partial charge in [-0.25, -0.2) is 0 Å². The van der Waals surface area contributed by atoms with Crippen molar-refractivity contribution in [3.63, 3.8) is 0 Å². The molecule has 0 N–H and O–H groups in total. The maximum atomic E-state index is 6.00. The molecule has 304 valence electrons. The van der Waals surface area contributed by atoms with Gasteiger partial charge in [-0.3, -0.25) is 18.7 Å². The van der Waals surface area contributed by atoms with Crippen molar-refractivity contribution in [3.05, 3.63) is 0 Å². The van der Waals surface area contributed by atoms with Gasteiger partial charge in [0, 0.05) is 71.0 Å². The summed E-state index contributed by atoms with van der Waals surface area (Å²) in [5.41, 5.74) is 0. The molecule has 8 aliphatic heterocycles. The van der Waals surface area contributed by atoms with Crippen molar-refractivity contribution in [2.45, 2.75) is 205 Å². The van der Waals surface area contributed by atoms with Gasteiger partial charge in [0.25, 0.3) is 0 Å². The Morgan fingerprint density at radius 3 is 1.00 bits per heavy atom. The first-order valence-corrected chi connectivity index (χ1v) is 26.0. The van der Waals surface area contributed by atoms with Crippen LogP contribution in [0.15, 0.2) is 0 Å². The average Bonchev–Trinajstić information content (AvgIpc) is 3.87. The monoisotopic (exact) mass is 805 g/mol. The molecule has 0 bridgehead atoms. The summed E-state index contributed by atoms with van der Waals surface area (Å²) in [6, 6.07) is 3.09. The zero-order chi connectivity index (χ0) is 37.9. The van der Waals surface area contributed by atoms with Gasteiger partial charge in [-0.2, -0.15) is 0 Å². The zero-order valence-electron chi connectivity index (χ0n) is 35.7. The van der Waals surface area contributed by atoms with Crippen molar-refractivity contribution >= 4 is 33.2 Å². The lowest BCUT2D eigenvalue weighted by atomic mass is 10.0. The molecule has 12 heteroatoms. The lowest BCUT2D eigenvalue weighted by Crippen LogP contribution is -2.43. The lowest BCUT2D eigenvalue weighted by molar-refractivity contribution is 0.147. The number of nitrogens with zero attached hydrogens (tertiary/aromatic N) is 4. The summed E-state index contributed by atoms with van der Waals surface area (Å²) in [5.74, 6) is 0. The zero-order valence-corrected chi connectivity index (χ0v) is 39.2. The van der Waals surface area contributed by atoms with E-state index >= 15 is 0 Å². The van der Waals surface area contributed by atoms with Crippen LogP contribution in [0.1, 0.15) is 160 Å².